The van der Waals surface area contributed by atoms with E-state index in [-0.39, 0.29) is 6.54 Å². The number of hydrogen-bond acceptors (Lipinski definition) is 5. The summed E-state index contributed by atoms with van der Waals surface area (Å²) in [5, 5.41) is 7.30. The molecule has 0 bridgehead atoms. The molecule has 9 heteroatoms. The molecule has 28 heavy (non-hydrogen) atoms. The molecule has 2 aromatic rings. The number of hydrazone groups is 1. The number of amides is 2. The van der Waals surface area contributed by atoms with Crippen LogP contribution in [0.25, 0.3) is 0 Å². The fourth-order valence-electron chi connectivity index (χ4n) is 2.23. The summed E-state index contributed by atoms with van der Waals surface area (Å²) in [6.07, 6.45) is 0. The van der Waals surface area contributed by atoms with E-state index in [2.05, 4.69) is 15.8 Å². The van der Waals surface area contributed by atoms with Crippen LogP contribution in [0, 0.1) is 0 Å². The van der Waals surface area contributed by atoms with E-state index >= 15 is 0 Å². The maximum Gasteiger partial charge on any atom is 0.329 e. The number of ether oxygens (including phenoxy) is 2. The molecule has 0 saturated heterocycles. The van der Waals surface area contributed by atoms with Crippen molar-refractivity contribution in [2.24, 2.45) is 5.10 Å². The van der Waals surface area contributed by atoms with Gasteiger partial charge in [0, 0.05) is 22.2 Å². The predicted octanol–water partition coefficient (Wildman–Crippen LogP) is 3.17. The summed E-state index contributed by atoms with van der Waals surface area (Å²) in [6, 6.07) is 10.1. The number of carbonyl (C=O) groups is 2. The molecule has 0 atom stereocenters. The van der Waals surface area contributed by atoms with Crippen molar-refractivity contribution in [1.29, 1.82) is 0 Å². The Kier molecular flexibility index (Phi) is 7.66. The molecule has 0 saturated carbocycles. The molecule has 0 heterocycles. The monoisotopic (exact) mass is 423 g/mol. The van der Waals surface area contributed by atoms with Gasteiger partial charge >= 0.3 is 11.8 Å². The lowest BCUT2D eigenvalue weighted by molar-refractivity contribution is -0.139. The summed E-state index contributed by atoms with van der Waals surface area (Å²) in [5.41, 5.74) is 4.04. The van der Waals surface area contributed by atoms with Gasteiger partial charge in [-0.15, -0.1) is 0 Å². The van der Waals surface area contributed by atoms with E-state index < -0.39 is 11.8 Å². The summed E-state index contributed by atoms with van der Waals surface area (Å²) >= 11 is 11.9. The van der Waals surface area contributed by atoms with E-state index in [1.807, 2.05) is 0 Å². The smallest absolute Gasteiger partial charge is 0.329 e. The molecule has 2 aromatic carbocycles. The van der Waals surface area contributed by atoms with Gasteiger partial charge in [-0.1, -0.05) is 29.3 Å². The molecule has 148 valence electrons. The van der Waals surface area contributed by atoms with Crippen molar-refractivity contribution >= 4 is 40.7 Å². The molecule has 2 N–H and O–H groups in total. The maximum absolute atomic E-state index is 11.9. The van der Waals surface area contributed by atoms with Crippen LogP contribution in [0.5, 0.6) is 11.5 Å². The Balaban J connectivity index is 1.96. The van der Waals surface area contributed by atoms with Crippen molar-refractivity contribution in [1.82, 2.24) is 10.7 Å². The second kappa shape index (κ2) is 9.96. The Bertz CT molecular complexity index is 916. The summed E-state index contributed by atoms with van der Waals surface area (Å²) in [4.78, 5) is 23.9. The van der Waals surface area contributed by atoms with Gasteiger partial charge in [-0.2, -0.15) is 5.10 Å². The van der Waals surface area contributed by atoms with Crippen molar-refractivity contribution in [3.05, 3.63) is 57.6 Å². The number of benzene rings is 2. The Morgan fingerprint density at radius 1 is 1.00 bits per heavy atom. The minimum Gasteiger partial charge on any atom is -0.493 e. The van der Waals surface area contributed by atoms with E-state index in [4.69, 9.17) is 32.7 Å². The lowest BCUT2D eigenvalue weighted by Gasteiger charge is -2.09. The molecular formula is C19H19Cl2N3O4. The highest BCUT2D eigenvalue weighted by atomic mass is 35.5. The van der Waals surface area contributed by atoms with E-state index in [0.29, 0.717) is 38.4 Å². The van der Waals surface area contributed by atoms with Gasteiger partial charge in [-0.25, -0.2) is 5.43 Å². The van der Waals surface area contributed by atoms with E-state index in [0.717, 1.165) is 0 Å². The third kappa shape index (κ3) is 5.61. The molecule has 0 spiro atoms. The van der Waals surface area contributed by atoms with Crippen molar-refractivity contribution in [2.45, 2.75) is 13.5 Å². The lowest BCUT2D eigenvalue weighted by atomic mass is 10.1. The zero-order valence-corrected chi connectivity index (χ0v) is 17.0. The topological polar surface area (TPSA) is 89.0 Å². The summed E-state index contributed by atoms with van der Waals surface area (Å²) < 4.78 is 10.4. The Labute approximate surface area is 172 Å². The van der Waals surface area contributed by atoms with Crippen LogP contribution in [0.3, 0.4) is 0 Å². The van der Waals surface area contributed by atoms with Gasteiger partial charge in [0.25, 0.3) is 0 Å². The molecule has 0 radical (unpaired) electrons. The normalized spacial score (nSPS) is 11.0. The fourth-order valence-corrected chi connectivity index (χ4v) is 2.71. The molecule has 0 aliphatic heterocycles. The van der Waals surface area contributed by atoms with Crippen LogP contribution in [0.1, 0.15) is 18.1 Å². The fraction of sp³-hybridized carbons (Fsp3) is 0.211. The minimum atomic E-state index is -0.898. The molecule has 2 rings (SSSR count). The third-order valence-corrected chi connectivity index (χ3v) is 4.37. The van der Waals surface area contributed by atoms with Crippen molar-refractivity contribution < 1.29 is 19.1 Å². The maximum atomic E-state index is 11.9. The number of hydrogen-bond donors (Lipinski definition) is 2. The van der Waals surface area contributed by atoms with Crippen LogP contribution >= 0.6 is 23.2 Å². The number of carbonyl (C=O) groups excluding carboxylic acids is 2. The van der Waals surface area contributed by atoms with E-state index in [9.17, 15) is 9.59 Å². The highest BCUT2D eigenvalue weighted by molar-refractivity contribution is 6.36. The second-order valence-corrected chi connectivity index (χ2v) is 6.47. The van der Waals surface area contributed by atoms with E-state index in [1.165, 1.54) is 14.2 Å². The first-order valence-corrected chi connectivity index (χ1v) is 8.90. The number of rotatable bonds is 6. The Hall–Kier alpha value is -2.77. The summed E-state index contributed by atoms with van der Waals surface area (Å²) in [6.45, 7) is 1.77. The minimum absolute atomic E-state index is 0.0840. The SMILES string of the molecule is COc1ccc(/C(C)=N/NC(=O)C(=O)NCc2ccc(Cl)cc2Cl)cc1OC. The molecule has 2 amide bonds. The Morgan fingerprint density at radius 2 is 1.71 bits per heavy atom. The van der Waals surface area contributed by atoms with Crippen LogP contribution < -0.4 is 20.2 Å². The molecule has 0 fully saturated rings. The van der Waals surface area contributed by atoms with Crippen LogP contribution in [-0.4, -0.2) is 31.7 Å². The van der Waals surface area contributed by atoms with Gasteiger partial charge < -0.3 is 14.8 Å². The average molecular weight is 424 g/mol. The summed E-state index contributed by atoms with van der Waals surface area (Å²) in [5.74, 6) is -0.637. The van der Waals surface area contributed by atoms with Gasteiger partial charge in [0.05, 0.1) is 19.9 Å². The first kappa shape index (κ1) is 21.5. The van der Waals surface area contributed by atoms with Gasteiger partial charge in [-0.05, 0) is 42.8 Å². The Morgan fingerprint density at radius 3 is 2.36 bits per heavy atom. The number of halogens is 2. The van der Waals surface area contributed by atoms with Crippen molar-refractivity contribution in [3.8, 4) is 11.5 Å². The van der Waals surface area contributed by atoms with Crippen molar-refractivity contribution in [2.75, 3.05) is 14.2 Å². The molecule has 0 unspecified atom stereocenters. The second-order valence-electron chi connectivity index (χ2n) is 5.63. The van der Waals surface area contributed by atoms with E-state index in [1.54, 1.807) is 43.3 Å². The van der Waals surface area contributed by atoms with Gasteiger partial charge in [0.2, 0.25) is 0 Å². The predicted molar refractivity (Wildman–Crippen MR) is 108 cm³/mol. The number of nitrogens with zero attached hydrogens (tertiary/aromatic N) is 1. The molecule has 0 aromatic heterocycles. The average Bonchev–Trinajstić information content (AvgIpc) is 2.70. The highest BCUT2D eigenvalue weighted by Crippen LogP contribution is 2.27. The van der Waals surface area contributed by atoms with Crippen LogP contribution in [0.4, 0.5) is 0 Å². The van der Waals surface area contributed by atoms with Crippen LogP contribution in [0.2, 0.25) is 10.0 Å². The summed E-state index contributed by atoms with van der Waals surface area (Å²) in [7, 11) is 3.06. The lowest BCUT2D eigenvalue weighted by Crippen LogP contribution is -2.37. The molecule has 7 nitrogen and oxygen atoms in total. The number of nitrogens with one attached hydrogen (secondary N) is 2. The molecular weight excluding hydrogens is 405 g/mol. The number of methoxy groups -OCH3 is 2. The quantitative estimate of drug-likeness (QED) is 0.424. The van der Waals surface area contributed by atoms with Gasteiger partial charge in [0.1, 0.15) is 0 Å². The van der Waals surface area contributed by atoms with Gasteiger partial charge in [0.15, 0.2) is 11.5 Å². The first-order chi connectivity index (χ1) is 13.3. The van der Waals surface area contributed by atoms with Crippen LogP contribution in [-0.2, 0) is 16.1 Å². The standard InChI is InChI=1S/C19H19Cl2N3O4/c1-11(12-5-7-16(27-2)17(8-12)28-3)23-24-19(26)18(25)22-10-13-4-6-14(20)9-15(13)21/h4-9H,10H2,1-3H3,(H,22,25)(H,24,26)/b23-11+. The van der Waals surface area contributed by atoms with Crippen LogP contribution in [0.15, 0.2) is 41.5 Å². The molecule has 0 aliphatic rings. The molecule has 0 aliphatic carbocycles. The zero-order chi connectivity index (χ0) is 20.7. The van der Waals surface area contributed by atoms with Crippen molar-refractivity contribution in [3.63, 3.8) is 0 Å². The zero-order valence-electron chi connectivity index (χ0n) is 15.5. The largest absolute Gasteiger partial charge is 0.493 e. The van der Waals surface area contributed by atoms with Gasteiger partial charge in [-0.3, -0.25) is 9.59 Å². The first-order valence-electron chi connectivity index (χ1n) is 8.14. The third-order valence-electron chi connectivity index (χ3n) is 3.79. The highest BCUT2D eigenvalue weighted by Gasteiger charge is 2.14.